The van der Waals surface area contributed by atoms with Crippen LogP contribution >= 0.6 is 0 Å². The second kappa shape index (κ2) is 6.86. The summed E-state index contributed by atoms with van der Waals surface area (Å²) in [6.07, 6.45) is 0. The van der Waals surface area contributed by atoms with Gasteiger partial charge >= 0.3 is 5.97 Å². The van der Waals surface area contributed by atoms with Crippen LogP contribution in [0.5, 0.6) is 5.75 Å². The Hall–Kier alpha value is -1.75. The van der Waals surface area contributed by atoms with Crippen LogP contribution in [0.4, 0.5) is 5.69 Å². The Bertz CT molecular complexity index is 392. The van der Waals surface area contributed by atoms with Crippen molar-refractivity contribution in [2.75, 3.05) is 24.6 Å². The minimum Gasteiger partial charge on any atom is -0.491 e. The molecule has 0 aromatic heterocycles. The molecular weight excluding hydrogens is 232 g/mol. The van der Waals surface area contributed by atoms with Gasteiger partial charge in [-0.3, -0.25) is 4.79 Å². The number of carboxylic acids is 1. The van der Waals surface area contributed by atoms with Crippen molar-refractivity contribution in [3.8, 4) is 5.75 Å². The second-order valence-electron chi connectivity index (χ2n) is 3.93. The number of rotatable bonds is 7. The Balaban J connectivity index is 2.67. The van der Waals surface area contributed by atoms with E-state index in [1.165, 1.54) is 0 Å². The molecule has 100 valence electrons. The predicted molar refractivity (Wildman–Crippen MR) is 71.1 cm³/mol. The van der Waals surface area contributed by atoms with Crippen LogP contribution < -0.4 is 15.4 Å². The Morgan fingerprint density at radius 3 is 2.67 bits per heavy atom. The molecule has 0 spiro atoms. The Kier molecular flexibility index (Phi) is 5.45. The van der Waals surface area contributed by atoms with Crippen LogP contribution in [0.15, 0.2) is 24.3 Å². The normalized spacial score (nSPS) is 11.9. The van der Waals surface area contributed by atoms with Gasteiger partial charge in [0.15, 0.2) is 0 Å². The van der Waals surface area contributed by atoms with Crippen LogP contribution in [0.3, 0.4) is 0 Å². The summed E-state index contributed by atoms with van der Waals surface area (Å²) in [5, 5.41) is 8.67. The molecule has 1 aromatic carbocycles. The molecule has 0 radical (unpaired) electrons. The number of nitrogens with zero attached hydrogens (tertiary/aromatic N) is 1. The molecule has 0 aliphatic carbocycles. The molecule has 1 rings (SSSR count). The molecule has 0 saturated carbocycles. The van der Waals surface area contributed by atoms with Crippen molar-refractivity contribution in [3.05, 3.63) is 24.3 Å². The number of hydrogen-bond donors (Lipinski definition) is 2. The van der Waals surface area contributed by atoms with Gasteiger partial charge in [0.2, 0.25) is 0 Å². The standard InChI is InChI=1S/C13H20N2O3/c1-3-15(4-2)10-6-5-7-11(8-10)18-9-12(14)13(16)17/h5-8,12H,3-4,9,14H2,1-2H3,(H,16,17). The Morgan fingerprint density at radius 1 is 1.44 bits per heavy atom. The fourth-order valence-electron chi connectivity index (χ4n) is 1.62. The molecule has 18 heavy (non-hydrogen) atoms. The lowest BCUT2D eigenvalue weighted by atomic mass is 10.2. The highest BCUT2D eigenvalue weighted by Gasteiger charge is 2.12. The molecule has 5 nitrogen and oxygen atoms in total. The third kappa shape index (κ3) is 3.92. The van der Waals surface area contributed by atoms with Crippen molar-refractivity contribution in [3.63, 3.8) is 0 Å². The van der Waals surface area contributed by atoms with Gasteiger partial charge in [0.05, 0.1) is 0 Å². The molecule has 0 amide bonds. The van der Waals surface area contributed by atoms with Crippen molar-refractivity contribution >= 4 is 11.7 Å². The number of nitrogens with two attached hydrogens (primary N) is 1. The van der Waals surface area contributed by atoms with Gasteiger partial charge in [-0.05, 0) is 26.0 Å². The highest BCUT2D eigenvalue weighted by atomic mass is 16.5. The number of carbonyl (C=O) groups is 1. The van der Waals surface area contributed by atoms with E-state index in [4.69, 9.17) is 15.6 Å². The zero-order valence-corrected chi connectivity index (χ0v) is 10.8. The first-order chi connectivity index (χ1) is 8.58. The maximum atomic E-state index is 10.6. The van der Waals surface area contributed by atoms with E-state index in [1.807, 2.05) is 18.2 Å². The van der Waals surface area contributed by atoms with Gasteiger partial charge in [-0.1, -0.05) is 6.07 Å². The monoisotopic (exact) mass is 252 g/mol. The minimum absolute atomic E-state index is 0.0307. The van der Waals surface area contributed by atoms with Gasteiger partial charge in [-0.15, -0.1) is 0 Å². The number of carboxylic acid groups (broad SMARTS) is 1. The summed E-state index contributed by atoms with van der Waals surface area (Å²) in [6.45, 7) is 5.95. The number of anilines is 1. The number of benzene rings is 1. The van der Waals surface area contributed by atoms with Gasteiger partial charge in [-0.25, -0.2) is 0 Å². The van der Waals surface area contributed by atoms with E-state index < -0.39 is 12.0 Å². The van der Waals surface area contributed by atoms with Gasteiger partial charge in [-0.2, -0.15) is 0 Å². The molecule has 0 saturated heterocycles. The van der Waals surface area contributed by atoms with E-state index in [0.29, 0.717) is 5.75 Å². The van der Waals surface area contributed by atoms with E-state index in [1.54, 1.807) is 6.07 Å². The topological polar surface area (TPSA) is 75.8 Å². The van der Waals surface area contributed by atoms with E-state index in [-0.39, 0.29) is 6.61 Å². The first kappa shape index (κ1) is 14.3. The van der Waals surface area contributed by atoms with Crippen LogP contribution in [-0.2, 0) is 4.79 Å². The highest BCUT2D eigenvalue weighted by Crippen LogP contribution is 2.20. The van der Waals surface area contributed by atoms with Crippen molar-refractivity contribution in [2.24, 2.45) is 5.73 Å². The van der Waals surface area contributed by atoms with Crippen molar-refractivity contribution in [1.29, 1.82) is 0 Å². The van der Waals surface area contributed by atoms with Crippen LogP contribution in [-0.4, -0.2) is 36.8 Å². The lowest BCUT2D eigenvalue weighted by Crippen LogP contribution is -2.36. The van der Waals surface area contributed by atoms with Gasteiger partial charge in [0, 0.05) is 24.8 Å². The highest BCUT2D eigenvalue weighted by molar-refractivity contribution is 5.73. The zero-order valence-electron chi connectivity index (χ0n) is 10.8. The summed E-state index contributed by atoms with van der Waals surface area (Å²) < 4.78 is 5.38. The third-order valence-electron chi connectivity index (χ3n) is 2.69. The van der Waals surface area contributed by atoms with Crippen LogP contribution in [0, 0.1) is 0 Å². The summed E-state index contributed by atoms with van der Waals surface area (Å²) in [4.78, 5) is 12.8. The van der Waals surface area contributed by atoms with Crippen LogP contribution in [0.25, 0.3) is 0 Å². The average Bonchev–Trinajstić information content (AvgIpc) is 2.38. The molecule has 0 fully saturated rings. The van der Waals surface area contributed by atoms with Gasteiger partial charge < -0.3 is 20.5 Å². The summed E-state index contributed by atoms with van der Waals surface area (Å²) in [5.74, 6) is -0.425. The average molecular weight is 252 g/mol. The zero-order chi connectivity index (χ0) is 13.5. The summed E-state index contributed by atoms with van der Waals surface area (Å²) in [7, 11) is 0. The quantitative estimate of drug-likeness (QED) is 0.765. The van der Waals surface area contributed by atoms with E-state index in [2.05, 4.69) is 18.7 Å². The van der Waals surface area contributed by atoms with Gasteiger partial charge in [0.25, 0.3) is 0 Å². The van der Waals surface area contributed by atoms with E-state index in [0.717, 1.165) is 18.8 Å². The predicted octanol–water partition coefficient (Wildman–Crippen LogP) is 1.32. The fourth-order valence-corrected chi connectivity index (χ4v) is 1.62. The van der Waals surface area contributed by atoms with Gasteiger partial charge in [0.1, 0.15) is 18.4 Å². The summed E-state index contributed by atoms with van der Waals surface area (Å²) >= 11 is 0. The van der Waals surface area contributed by atoms with Crippen LogP contribution in [0.2, 0.25) is 0 Å². The van der Waals surface area contributed by atoms with Crippen molar-refractivity contribution < 1.29 is 14.6 Å². The summed E-state index contributed by atoms with van der Waals surface area (Å²) in [6, 6.07) is 6.57. The lowest BCUT2D eigenvalue weighted by Gasteiger charge is -2.21. The largest absolute Gasteiger partial charge is 0.491 e. The maximum absolute atomic E-state index is 10.6. The molecule has 0 aliphatic rings. The molecule has 1 unspecified atom stereocenters. The first-order valence-corrected chi connectivity index (χ1v) is 6.04. The SMILES string of the molecule is CCN(CC)c1cccc(OCC(N)C(=O)O)c1. The molecule has 1 atom stereocenters. The molecule has 0 heterocycles. The molecule has 0 aliphatic heterocycles. The molecule has 5 heteroatoms. The number of aliphatic carboxylic acids is 1. The number of ether oxygens (including phenoxy) is 1. The van der Waals surface area contributed by atoms with E-state index in [9.17, 15) is 4.79 Å². The van der Waals surface area contributed by atoms with Crippen LogP contribution in [0.1, 0.15) is 13.8 Å². The lowest BCUT2D eigenvalue weighted by molar-refractivity contribution is -0.139. The summed E-state index contributed by atoms with van der Waals surface area (Å²) in [5.41, 5.74) is 6.44. The Morgan fingerprint density at radius 2 is 2.11 bits per heavy atom. The minimum atomic E-state index is -1.06. The van der Waals surface area contributed by atoms with Crippen molar-refractivity contribution in [1.82, 2.24) is 0 Å². The molecule has 0 bridgehead atoms. The van der Waals surface area contributed by atoms with Crippen molar-refractivity contribution in [2.45, 2.75) is 19.9 Å². The smallest absolute Gasteiger partial charge is 0.324 e. The van der Waals surface area contributed by atoms with E-state index >= 15 is 0 Å². The Labute approximate surface area is 107 Å². The molecular formula is C13H20N2O3. The number of hydrogen-bond acceptors (Lipinski definition) is 4. The second-order valence-corrected chi connectivity index (χ2v) is 3.93. The molecule has 1 aromatic rings. The fraction of sp³-hybridized carbons (Fsp3) is 0.462. The first-order valence-electron chi connectivity index (χ1n) is 6.04. The maximum Gasteiger partial charge on any atom is 0.324 e. The molecule has 3 N–H and O–H groups in total. The third-order valence-corrected chi connectivity index (χ3v) is 2.69.